The first-order chi connectivity index (χ1) is 9.22. The quantitative estimate of drug-likeness (QED) is 0.695. The summed E-state index contributed by atoms with van der Waals surface area (Å²) in [5, 5.41) is 10.6. The predicted octanol–water partition coefficient (Wildman–Crippen LogP) is 1.24. The Labute approximate surface area is 107 Å². The van der Waals surface area contributed by atoms with Crippen LogP contribution >= 0.6 is 0 Å². The van der Waals surface area contributed by atoms with Crippen LogP contribution < -0.4 is 10.6 Å². The SMILES string of the molecule is O=C1CC=c2cc3c(F)cc4c(c3cc2C1)C=NN=4. The second-order valence-electron chi connectivity index (χ2n) is 4.86. The smallest absolute Gasteiger partial charge is 0.141 e. The van der Waals surface area contributed by atoms with Crippen molar-refractivity contribution in [1.29, 1.82) is 0 Å². The maximum absolute atomic E-state index is 14.1. The number of hydrogen-bond donors (Lipinski definition) is 0. The number of Topliss-reactive ketones (excluding diaryl/α,β-unsaturated/α-hetero) is 1. The summed E-state index contributed by atoms with van der Waals surface area (Å²) in [6.45, 7) is 0. The minimum absolute atomic E-state index is 0.193. The van der Waals surface area contributed by atoms with Crippen LogP contribution in [-0.2, 0) is 11.2 Å². The van der Waals surface area contributed by atoms with Crippen LogP contribution in [0.5, 0.6) is 0 Å². The van der Waals surface area contributed by atoms with Gasteiger partial charge in [0.05, 0.1) is 11.6 Å². The first-order valence-electron chi connectivity index (χ1n) is 6.10. The summed E-state index contributed by atoms with van der Waals surface area (Å²) in [6.07, 6.45) is 4.35. The summed E-state index contributed by atoms with van der Waals surface area (Å²) in [5.74, 6) is -0.102. The number of halogens is 1. The lowest BCUT2D eigenvalue weighted by molar-refractivity contribution is -0.117. The number of fused-ring (bicyclic) bond motifs is 4. The molecule has 0 radical (unpaired) electrons. The van der Waals surface area contributed by atoms with Crippen LogP contribution in [0.25, 0.3) is 16.8 Å². The van der Waals surface area contributed by atoms with Gasteiger partial charge in [-0.1, -0.05) is 6.08 Å². The highest BCUT2D eigenvalue weighted by Gasteiger charge is 2.15. The van der Waals surface area contributed by atoms with Crippen molar-refractivity contribution in [2.75, 3.05) is 0 Å². The molecule has 0 spiro atoms. The number of nitrogens with zero attached hydrogens (tertiary/aromatic N) is 2. The number of carbonyl (C=O) groups excluding carboxylic acids is 1. The maximum atomic E-state index is 14.1. The van der Waals surface area contributed by atoms with Gasteiger partial charge in [-0.05, 0) is 28.3 Å². The van der Waals surface area contributed by atoms with E-state index >= 15 is 0 Å². The van der Waals surface area contributed by atoms with Crippen molar-refractivity contribution in [2.24, 2.45) is 10.2 Å². The normalized spacial score (nSPS) is 15.9. The highest BCUT2D eigenvalue weighted by molar-refractivity contribution is 6.01. The summed E-state index contributed by atoms with van der Waals surface area (Å²) in [6, 6.07) is 5.12. The molecular weight excluding hydrogens is 243 g/mol. The Morgan fingerprint density at radius 1 is 1.16 bits per heavy atom. The fourth-order valence-electron chi connectivity index (χ4n) is 2.71. The number of hydrogen-bond acceptors (Lipinski definition) is 3. The molecule has 2 aromatic carbocycles. The molecule has 0 bridgehead atoms. The van der Waals surface area contributed by atoms with Crippen molar-refractivity contribution in [3.8, 4) is 0 Å². The number of benzene rings is 2. The summed E-state index contributed by atoms with van der Waals surface area (Å²) < 4.78 is 14.1. The topological polar surface area (TPSA) is 41.8 Å². The average molecular weight is 252 g/mol. The zero-order chi connectivity index (χ0) is 13.0. The first kappa shape index (κ1) is 10.6. The van der Waals surface area contributed by atoms with Crippen molar-refractivity contribution in [2.45, 2.75) is 12.8 Å². The molecular formula is C15H9FN2O. The van der Waals surface area contributed by atoms with Gasteiger partial charge in [-0.15, -0.1) is 0 Å². The van der Waals surface area contributed by atoms with Crippen LogP contribution in [0, 0.1) is 5.82 Å². The number of carbonyl (C=O) groups is 1. The standard InChI is InChI=1S/C15H9FN2O/c16-14-6-15-13(7-17-18-15)11-5-9-3-10(19)2-1-8(9)4-12(11)14/h1,4-7H,2-3H2. The molecule has 0 fully saturated rings. The van der Waals surface area contributed by atoms with E-state index in [1.54, 1.807) is 6.21 Å². The lowest BCUT2D eigenvalue weighted by Gasteiger charge is -2.10. The molecule has 0 amide bonds. The highest BCUT2D eigenvalue weighted by atomic mass is 19.1. The molecule has 0 aromatic heterocycles. The van der Waals surface area contributed by atoms with Gasteiger partial charge in [0.15, 0.2) is 0 Å². The van der Waals surface area contributed by atoms with Crippen molar-refractivity contribution in [1.82, 2.24) is 0 Å². The Balaban J connectivity index is 2.17. The third-order valence-electron chi connectivity index (χ3n) is 3.66. The molecule has 0 saturated heterocycles. The summed E-state index contributed by atoms with van der Waals surface area (Å²) in [4.78, 5) is 11.5. The second kappa shape index (κ2) is 3.57. The van der Waals surface area contributed by atoms with Crippen LogP contribution in [0.1, 0.15) is 17.5 Å². The molecule has 4 heteroatoms. The van der Waals surface area contributed by atoms with E-state index in [9.17, 15) is 9.18 Å². The number of ketones is 1. The fraction of sp³-hybridized carbons (Fsp3) is 0.133. The number of rotatable bonds is 0. The maximum Gasteiger partial charge on any atom is 0.141 e. The molecule has 2 aromatic rings. The molecule has 0 saturated carbocycles. The molecule has 4 rings (SSSR count). The molecule has 1 aliphatic heterocycles. The largest absolute Gasteiger partial charge is 0.299 e. The van der Waals surface area contributed by atoms with Crippen LogP contribution in [0.3, 0.4) is 0 Å². The fourth-order valence-corrected chi connectivity index (χ4v) is 2.71. The lowest BCUT2D eigenvalue weighted by Crippen LogP contribution is -2.20. The van der Waals surface area contributed by atoms with E-state index in [1.165, 1.54) is 6.07 Å². The molecule has 1 aliphatic carbocycles. The zero-order valence-corrected chi connectivity index (χ0v) is 9.98. The van der Waals surface area contributed by atoms with Crippen LogP contribution in [0.15, 0.2) is 28.4 Å². The lowest BCUT2D eigenvalue weighted by atomic mass is 9.93. The highest BCUT2D eigenvalue weighted by Crippen LogP contribution is 2.21. The van der Waals surface area contributed by atoms with Crippen molar-refractivity contribution in [3.63, 3.8) is 0 Å². The van der Waals surface area contributed by atoms with E-state index in [1.807, 2.05) is 18.2 Å². The van der Waals surface area contributed by atoms with Gasteiger partial charge >= 0.3 is 0 Å². The minimum atomic E-state index is -0.295. The average Bonchev–Trinajstić information content (AvgIpc) is 2.85. The Bertz CT molecular complexity index is 897. The van der Waals surface area contributed by atoms with Gasteiger partial charge in [-0.3, -0.25) is 4.79 Å². The van der Waals surface area contributed by atoms with Gasteiger partial charge < -0.3 is 0 Å². The van der Waals surface area contributed by atoms with Gasteiger partial charge in [0.1, 0.15) is 11.6 Å². The van der Waals surface area contributed by atoms with Crippen LogP contribution in [0.2, 0.25) is 0 Å². The van der Waals surface area contributed by atoms with Crippen LogP contribution in [0.4, 0.5) is 4.39 Å². The van der Waals surface area contributed by atoms with E-state index < -0.39 is 0 Å². The monoisotopic (exact) mass is 252 g/mol. The Kier molecular flexibility index (Phi) is 1.98. The predicted molar refractivity (Wildman–Crippen MR) is 70.1 cm³/mol. The van der Waals surface area contributed by atoms with Crippen molar-refractivity contribution >= 4 is 28.8 Å². The molecule has 3 nitrogen and oxygen atoms in total. The molecule has 1 heterocycles. The molecule has 0 unspecified atom stereocenters. The first-order valence-corrected chi connectivity index (χ1v) is 6.10. The molecule has 2 aliphatic rings. The Morgan fingerprint density at radius 2 is 2.05 bits per heavy atom. The summed E-state index contributed by atoms with van der Waals surface area (Å²) in [7, 11) is 0. The molecule has 0 N–H and O–H groups in total. The van der Waals surface area contributed by atoms with Crippen LogP contribution in [-0.4, -0.2) is 12.0 Å². The minimum Gasteiger partial charge on any atom is -0.299 e. The van der Waals surface area contributed by atoms with Gasteiger partial charge in [0, 0.05) is 29.9 Å². The molecule has 92 valence electrons. The Morgan fingerprint density at radius 3 is 2.95 bits per heavy atom. The van der Waals surface area contributed by atoms with Crippen molar-refractivity contribution in [3.05, 3.63) is 45.7 Å². The second-order valence-corrected chi connectivity index (χ2v) is 4.86. The third kappa shape index (κ3) is 1.46. The van der Waals surface area contributed by atoms with Gasteiger partial charge in [0.2, 0.25) is 0 Å². The summed E-state index contributed by atoms with van der Waals surface area (Å²) in [5.41, 5.74) is 1.79. The van der Waals surface area contributed by atoms with E-state index in [0.29, 0.717) is 23.6 Å². The van der Waals surface area contributed by atoms with Gasteiger partial charge in [-0.25, -0.2) is 4.39 Å². The van der Waals surface area contributed by atoms with E-state index in [0.717, 1.165) is 21.7 Å². The summed E-state index contributed by atoms with van der Waals surface area (Å²) >= 11 is 0. The van der Waals surface area contributed by atoms with E-state index in [4.69, 9.17) is 0 Å². The van der Waals surface area contributed by atoms with E-state index in [2.05, 4.69) is 10.2 Å². The van der Waals surface area contributed by atoms with Gasteiger partial charge in [-0.2, -0.15) is 10.2 Å². The van der Waals surface area contributed by atoms with E-state index in [-0.39, 0.29) is 11.6 Å². The zero-order valence-electron chi connectivity index (χ0n) is 9.98. The third-order valence-corrected chi connectivity index (χ3v) is 3.66. The Hall–Kier alpha value is -2.36. The van der Waals surface area contributed by atoms with Crippen molar-refractivity contribution < 1.29 is 9.18 Å². The van der Waals surface area contributed by atoms with Gasteiger partial charge in [0.25, 0.3) is 0 Å². The molecule has 0 atom stereocenters. The molecule has 19 heavy (non-hydrogen) atoms.